The molecule has 7 nitrogen and oxygen atoms in total. The van der Waals surface area contributed by atoms with Crippen molar-refractivity contribution in [2.45, 2.75) is 20.4 Å². The average Bonchev–Trinajstić information content (AvgIpc) is 3.27. The summed E-state index contributed by atoms with van der Waals surface area (Å²) in [5.74, 6) is 1.25. The third kappa shape index (κ3) is 5.14. The van der Waals surface area contributed by atoms with Crippen LogP contribution in [0.25, 0.3) is 5.52 Å². The van der Waals surface area contributed by atoms with Crippen LogP contribution in [0.2, 0.25) is 0 Å². The number of fused-ring (bicyclic) bond motifs is 1. The molecule has 2 heterocycles. The van der Waals surface area contributed by atoms with E-state index in [0.717, 1.165) is 22.6 Å². The molecule has 7 heteroatoms. The van der Waals surface area contributed by atoms with Crippen molar-refractivity contribution in [3.8, 4) is 17.6 Å². The predicted octanol–water partition coefficient (Wildman–Crippen LogP) is 6.29. The molecular weight excluding hydrogens is 462 g/mol. The van der Waals surface area contributed by atoms with Crippen LogP contribution in [0, 0.1) is 25.2 Å². The van der Waals surface area contributed by atoms with Crippen LogP contribution in [-0.4, -0.2) is 15.5 Å². The molecule has 2 aromatic heterocycles. The molecule has 0 radical (unpaired) electrons. The molecule has 0 unspecified atom stereocenters. The van der Waals surface area contributed by atoms with Gasteiger partial charge < -0.3 is 15.4 Å². The van der Waals surface area contributed by atoms with E-state index in [9.17, 15) is 10.1 Å². The number of anilines is 2. The number of aryl methyl sites for hydroxylation is 2. The molecule has 0 aliphatic carbocycles. The van der Waals surface area contributed by atoms with E-state index in [1.165, 1.54) is 11.8 Å². The summed E-state index contributed by atoms with van der Waals surface area (Å²) in [6.45, 7) is 4.31. The van der Waals surface area contributed by atoms with Crippen LogP contribution in [0.15, 0.2) is 91.3 Å². The molecule has 0 bridgehead atoms. The van der Waals surface area contributed by atoms with E-state index in [-0.39, 0.29) is 5.91 Å². The smallest absolute Gasteiger partial charge is 0.253 e. The highest BCUT2D eigenvalue weighted by molar-refractivity contribution is 6.00. The molecule has 0 saturated heterocycles. The number of nitrogens with one attached hydrogen (secondary N) is 2. The zero-order valence-corrected chi connectivity index (χ0v) is 20.5. The zero-order valence-electron chi connectivity index (χ0n) is 20.5. The van der Waals surface area contributed by atoms with E-state index in [4.69, 9.17) is 4.74 Å². The van der Waals surface area contributed by atoms with Gasteiger partial charge in [-0.05, 0) is 61.4 Å². The lowest BCUT2D eigenvalue weighted by molar-refractivity contribution is 0.0950. The first-order valence-electron chi connectivity index (χ1n) is 11.9. The molecule has 0 atom stereocenters. The fourth-order valence-corrected chi connectivity index (χ4v) is 4.09. The van der Waals surface area contributed by atoms with Gasteiger partial charge in [0.15, 0.2) is 0 Å². The van der Waals surface area contributed by atoms with E-state index >= 15 is 0 Å². The first-order valence-corrected chi connectivity index (χ1v) is 11.9. The number of nitrogens with zero attached hydrogens (tertiary/aromatic N) is 3. The number of aromatic nitrogens is 2. The van der Waals surface area contributed by atoms with Crippen LogP contribution in [0.1, 0.15) is 32.6 Å². The van der Waals surface area contributed by atoms with Gasteiger partial charge in [-0.15, -0.1) is 0 Å². The summed E-state index contributed by atoms with van der Waals surface area (Å²) in [6, 6.07) is 27.3. The first kappa shape index (κ1) is 23.6. The molecule has 0 aliphatic rings. The summed E-state index contributed by atoms with van der Waals surface area (Å²) in [5, 5.41) is 20.4. The van der Waals surface area contributed by atoms with Crippen molar-refractivity contribution < 1.29 is 9.53 Å². The van der Waals surface area contributed by atoms with Crippen LogP contribution in [0.5, 0.6) is 11.5 Å². The minimum Gasteiger partial charge on any atom is -0.457 e. The predicted molar refractivity (Wildman–Crippen MR) is 143 cm³/mol. The number of para-hydroxylation sites is 1. The number of nitriles is 1. The minimum atomic E-state index is -0.199. The van der Waals surface area contributed by atoms with Crippen molar-refractivity contribution in [2.75, 3.05) is 5.32 Å². The molecule has 5 rings (SSSR count). The van der Waals surface area contributed by atoms with Gasteiger partial charge in [-0.1, -0.05) is 48.0 Å². The molecule has 0 saturated carbocycles. The normalized spacial score (nSPS) is 10.6. The van der Waals surface area contributed by atoms with Crippen molar-refractivity contribution in [1.29, 1.82) is 5.26 Å². The van der Waals surface area contributed by atoms with E-state index in [1.54, 1.807) is 10.7 Å². The number of amides is 1. The molecule has 37 heavy (non-hydrogen) atoms. The highest BCUT2D eigenvalue weighted by Crippen LogP contribution is 2.31. The average molecular weight is 488 g/mol. The topological polar surface area (TPSA) is 91.5 Å². The molecule has 1 amide bonds. The van der Waals surface area contributed by atoms with Gasteiger partial charge >= 0.3 is 0 Å². The zero-order chi connectivity index (χ0) is 25.8. The van der Waals surface area contributed by atoms with Crippen LogP contribution in [0.3, 0.4) is 0 Å². The molecule has 3 aromatic carbocycles. The minimum absolute atomic E-state index is 0.199. The van der Waals surface area contributed by atoms with Gasteiger partial charge in [0.05, 0.1) is 28.5 Å². The van der Waals surface area contributed by atoms with Crippen molar-refractivity contribution >= 4 is 22.8 Å². The maximum Gasteiger partial charge on any atom is 0.253 e. The number of benzene rings is 3. The molecule has 0 aliphatic heterocycles. The first-order chi connectivity index (χ1) is 18.0. The Morgan fingerprint density at radius 2 is 1.68 bits per heavy atom. The summed E-state index contributed by atoms with van der Waals surface area (Å²) in [5.41, 5.74) is 5.84. The van der Waals surface area contributed by atoms with Crippen LogP contribution in [-0.2, 0) is 6.54 Å². The highest BCUT2D eigenvalue weighted by Gasteiger charge is 2.19. The molecule has 0 fully saturated rings. The largest absolute Gasteiger partial charge is 0.457 e. The number of hydrogen-bond donors (Lipinski definition) is 2. The maximum absolute atomic E-state index is 13.0. The molecule has 0 spiro atoms. The number of hydrogen-bond acceptors (Lipinski definition) is 5. The standard InChI is InChI=1S/C30H25N5O2/c1-20-8-10-22(11-9-20)17-32-30(36)27-19-35-29(21(27)2)28(23(16-31)18-33-35)34-24-12-14-26(15-13-24)37-25-6-4-3-5-7-25/h3-15,18-19,34H,17H2,1-2H3,(H,32,36). The Kier molecular flexibility index (Phi) is 6.56. The Morgan fingerprint density at radius 1 is 0.973 bits per heavy atom. The Morgan fingerprint density at radius 3 is 2.38 bits per heavy atom. The highest BCUT2D eigenvalue weighted by atomic mass is 16.5. The SMILES string of the molecule is Cc1ccc(CNC(=O)c2cn3ncc(C#N)c(Nc4ccc(Oc5ccccc5)cc4)c3c2C)cc1. The Hall–Kier alpha value is -5.09. The van der Waals surface area contributed by atoms with Gasteiger partial charge in [-0.2, -0.15) is 10.4 Å². The Labute approximate surface area is 215 Å². The van der Waals surface area contributed by atoms with Gasteiger partial charge in [0.2, 0.25) is 0 Å². The number of ether oxygens (including phenoxy) is 1. The van der Waals surface area contributed by atoms with Crippen molar-refractivity contribution in [3.63, 3.8) is 0 Å². The summed E-state index contributed by atoms with van der Waals surface area (Å²) in [6.07, 6.45) is 3.19. The lowest BCUT2D eigenvalue weighted by Crippen LogP contribution is -2.23. The second-order valence-corrected chi connectivity index (χ2v) is 8.74. The van der Waals surface area contributed by atoms with Gasteiger partial charge in [0.25, 0.3) is 5.91 Å². The van der Waals surface area contributed by atoms with Crippen molar-refractivity contribution in [1.82, 2.24) is 14.9 Å². The molecule has 182 valence electrons. The summed E-state index contributed by atoms with van der Waals surface area (Å²) in [7, 11) is 0. The van der Waals surface area contributed by atoms with E-state index in [0.29, 0.717) is 34.6 Å². The Balaban J connectivity index is 1.40. The summed E-state index contributed by atoms with van der Waals surface area (Å²) < 4.78 is 7.50. The molecule has 2 N–H and O–H groups in total. The quantitative estimate of drug-likeness (QED) is 0.282. The van der Waals surface area contributed by atoms with Crippen LogP contribution < -0.4 is 15.4 Å². The van der Waals surface area contributed by atoms with E-state index < -0.39 is 0 Å². The summed E-state index contributed by atoms with van der Waals surface area (Å²) in [4.78, 5) is 13.0. The van der Waals surface area contributed by atoms with Gasteiger partial charge in [0, 0.05) is 18.4 Å². The summed E-state index contributed by atoms with van der Waals surface area (Å²) >= 11 is 0. The number of carbonyl (C=O) groups is 1. The molecular formula is C30H25N5O2. The fourth-order valence-electron chi connectivity index (χ4n) is 4.09. The third-order valence-electron chi connectivity index (χ3n) is 6.10. The lowest BCUT2D eigenvalue weighted by Gasteiger charge is -2.12. The number of rotatable bonds is 7. The monoisotopic (exact) mass is 487 g/mol. The second-order valence-electron chi connectivity index (χ2n) is 8.74. The second kappa shape index (κ2) is 10.3. The lowest BCUT2D eigenvalue weighted by atomic mass is 10.1. The van der Waals surface area contributed by atoms with Gasteiger partial charge in [-0.3, -0.25) is 4.79 Å². The van der Waals surface area contributed by atoms with Crippen molar-refractivity contribution in [3.05, 3.63) is 119 Å². The van der Waals surface area contributed by atoms with Gasteiger partial charge in [0.1, 0.15) is 17.6 Å². The fraction of sp³-hybridized carbons (Fsp3) is 0.100. The van der Waals surface area contributed by atoms with Crippen LogP contribution >= 0.6 is 0 Å². The van der Waals surface area contributed by atoms with Crippen molar-refractivity contribution in [2.24, 2.45) is 0 Å². The Bertz CT molecular complexity index is 1600. The van der Waals surface area contributed by atoms with Crippen LogP contribution in [0.4, 0.5) is 11.4 Å². The number of carbonyl (C=O) groups excluding carboxylic acids is 1. The van der Waals surface area contributed by atoms with Gasteiger partial charge in [-0.25, -0.2) is 4.52 Å². The maximum atomic E-state index is 13.0. The molecule has 5 aromatic rings. The van der Waals surface area contributed by atoms with E-state index in [2.05, 4.69) is 21.8 Å². The third-order valence-corrected chi connectivity index (χ3v) is 6.10. The van der Waals surface area contributed by atoms with E-state index in [1.807, 2.05) is 92.7 Å².